The Kier molecular flexibility index (Phi) is 11.1. The molecule has 148 valence electrons. The first-order valence-electron chi connectivity index (χ1n) is 9.26. The first kappa shape index (κ1) is 23.1. The van der Waals surface area contributed by atoms with Gasteiger partial charge in [0.05, 0.1) is 25.8 Å². The highest BCUT2D eigenvalue weighted by Crippen LogP contribution is 2.23. The highest BCUT2D eigenvalue weighted by atomic mass is 127. The second-order valence-electron chi connectivity index (χ2n) is 6.39. The Morgan fingerprint density at radius 2 is 2.04 bits per heavy atom. The number of morpholine rings is 1. The maximum Gasteiger partial charge on any atom is 0.191 e. The van der Waals surface area contributed by atoms with Crippen molar-refractivity contribution in [1.82, 2.24) is 15.5 Å². The van der Waals surface area contributed by atoms with E-state index in [0.29, 0.717) is 25.8 Å². The molecular weight excluding hydrogens is 446 g/mol. The van der Waals surface area contributed by atoms with Crippen LogP contribution < -0.4 is 10.6 Å². The molecule has 0 aliphatic carbocycles. The average molecular weight is 478 g/mol. The van der Waals surface area contributed by atoms with Crippen molar-refractivity contribution in [3.63, 3.8) is 0 Å². The third-order valence-electron chi connectivity index (χ3n) is 4.48. The molecule has 1 aliphatic heterocycles. The van der Waals surface area contributed by atoms with Gasteiger partial charge in [0.15, 0.2) is 5.96 Å². The van der Waals surface area contributed by atoms with E-state index in [-0.39, 0.29) is 35.8 Å². The van der Waals surface area contributed by atoms with Gasteiger partial charge in [0.1, 0.15) is 5.82 Å². The number of aliphatic imine (C=N–C) groups is 1. The third-order valence-corrected chi connectivity index (χ3v) is 4.48. The van der Waals surface area contributed by atoms with Crippen LogP contribution in [0.1, 0.15) is 38.8 Å². The van der Waals surface area contributed by atoms with Gasteiger partial charge in [-0.2, -0.15) is 0 Å². The lowest BCUT2D eigenvalue weighted by atomic mass is 10.0. The van der Waals surface area contributed by atoms with Gasteiger partial charge in [-0.25, -0.2) is 4.39 Å². The van der Waals surface area contributed by atoms with Crippen LogP contribution >= 0.6 is 24.0 Å². The summed E-state index contributed by atoms with van der Waals surface area (Å²) in [7, 11) is 0. The number of rotatable bonds is 7. The van der Waals surface area contributed by atoms with Crippen molar-refractivity contribution in [2.75, 3.05) is 39.4 Å². The zero-order chi connectivity index (χ0) is 18.1. The fraction of sp³-hybridized carbons (Fsp3) is 0.632. The van der Waals surface area contributed by atoms with Crippen molar-refractivity contribution in [1.29, 1.82) is 0 Å². The van der Waals surface area contributed by atoms with Crippen molar-refractivity contribution in [2.24, 2.45) is 4.99 Å². The molecule has 2 N–H and O–H groups in total. The van der Waals surface area contributed by atoms with E-state index in [0.717, 1.165) is 37.6 Å². The highest BCUT2D eigenvalue weighted by molar-refractivity contribution is 14.0. The van der Waals surface area contributed by atoms with Crippen LogP contribution in [0.25, 0.3) is 0 Å². The summed E-state index contributed by atoms with van der Waals surface area (Å²) >= 11 is 0. The Bertz CT molecular complexity index is 552. The van der Waals surface area contributed by atoms with Gasteiger partial charge in [0, 0.05) is 25.7 Å². The molecule has 0 aromatic heterocycles. The van der Waals surface area contributed by atoms with E-state index in [1.807, 2.05) is 6.07 Å². The van der Waals surface area contributed by atoms with Crippen molar-refractivity contribution in [3.05, 3.63) is 35.6 Å². The molecule has 1 fully saturated rings. The van der Waals surface area contributed by atoms with Gasteiger partial charge in [0.25, 0.3) is 0 Å². The van der Waals surface area contributed by atoms with E-state index in [1.54, 1.807) is 12.1 Å². The van der Waals surface area contributed by atoms with Crippen LogP contribution in [0.5, 0.6) is 0 Å². The average Bonchev–Trinajstić information content (AvgIpc) is 2.63. The molecule has 0 saturated carbocycles. The molecule has 5 nitrogen and oxygen atoms in total. The molecule has 1 aliphatic rings. The Hall–Kier alpha value is -0.930. The molecule has 7 heteroatoms. The summed E-state index contributed by atoms with van der Waals surface area (Å²) in [6, 6.07) is 7.25. The smallest absolute Gasteiger partial charge is 0.191 e. The SMILES string of the molecule is CCNC(=NCC(c1cccc(F)c1)N1CCOCC1)NC(C)CC.I. The number of benzene rings is 1. The van der Waals surface area contributed by atoms with Crippen LogP contribution in [0.2, 0.25) is 0 Å². The minimum atomic E-state index is -0.204. The number of guanidine groups is 1. The first-order valence-corrected chi connectivity index (χ1v) is 9.26. The summed E-state index contributed by atoms with van der Waals surface area (Å²) < 4.78 is 19.2. The maximum absolute atomic E-state index is 13.7. The predicted octanol–water partition coefficient (Wildman–Crippen LogP) is 3.17. The van der Waals surface area contributed by atoms with Gasteiger partial charge >= 0.3 is 0 Å². The Morgan fingerprint density at radius 3 is 2.65 bits per heavy atom. The fourth-order valence-electron chi connectivity index (χ4n) is 2.87. The lowest BCUT2D eigenvalue weighted by Crippen LogP contribution is -2.43. The summed E-state index contributed by atoms with van der Waals surface area (Å²) in [5.41, 5.74) is 0.963. The molecule has 1 heterocycles. The number of hydrogen-bond donors (Lipinski definition) is 2. The van der Waals surface area contributed by atoms with Crippen molar-refractivity contribution < 1.29 is 9.13 Å². The first-order chi connectivity index (χ1) is 12.1. The predicted molar refractivity (Wildman–Crippen MR) is 116 cm³/mol. The molecule has 1 aromatic carbocycles. The van der Waals surface area contributed by atoms with Gasteiger partial charge in [-0.05, 0) is 38.0 Å². The summed E-state index contributed by atoms with van der Waals surface area (Å²) in [6.07, 6.45) is 1.03. The molecule has 0 spiro atoms. The quantitative estimate of drug-likeness (QED) is 0.359. The Balaban J connectivity index is 0.00000338. The van der Waals surface area contributed by atoms with Crippen LogP contribution in [-0.2, 0) is 4.74 Å². The topological polar surface area (TPSA) is 48.9 Å². The molecule has 2 atom stereocenters. The molecule has 1 saturated heterocycles. The second-order valence-corrected chi connectivity index (χ2v) is 6.39. The number of halogens is 2. The van der Waals surface area contributed by atoms with E-state index in [2.05, 4.69) is 36.3 Å². The van der Waals surface area contributed by atoms with Gasteiger partial charge in [0.2, 0.25) is 0 Å². The largest absolute Gasteiger partial charge is 0.379 e. The van der Waals surface area contributed by atoms with Crippen LogP contribution in [0.3, 0.4) is 0 Å². The monoisotopic (exact) mass is 478 g/mol. The zero-order valence-corrected chi connectivity index (χ0v) is 18.3. The highest BCUT2D eigenvalue weighted by Gasteiger charge is 2.23. The van der Waals surface area contributed by atoms with Crippen molar-refractivity contribution >= 4 is 29.9 Å². The number of ether oxygens (including phenoxy) is 1. The normalized spacial score (nSPS) is 17.9. The van der Waals surface area contributed by atoms with Crippen molar-refractivity contribution in [2.45, 2.75) is 39.3 Å². The number of nitrogens with one attached hydrogen (secondary N) is 2. The zero-order valence-electron chi connectivity index (χ0n) is 16.0. The van der Waals surface area contributed by atoms with Crippen molar-refractivity contribution in [3.8, 4) is 0 Å². The summed E-state index contributed by atoms with van der Waals surface area (Å²) in [5, 5.41) is 6.70. The molecule has 2 rings (SSSR count). The lowest BCUT2D eigenvalue weighted by Gasteiger charge is -2.34. The van der Waals surface area contributed by atoms with Gasteiger partial charge < -0.3 is 15.4 Å². The molecule has 2 unspecified atom stereocenters. The molecule has 0 amide bonds. The van der Waals surface area contributed by atoms with E-state index in [9.17, 15) is 4.39 Å². The maximum atomic E-state index is 13.7. The number of nitrogens with zero attached hydrogens (tertiary/aromatic N) is 2. The lowest BCUT2D eigenvalue weighted by molar-refractivity contribution is 0.0179. The summed E-state index contributed by atoms with van der Waals surface area (Å²) in [5.74, 6) is 0.607. The van der Waals surface area contributed by atoms with E-state index < -0.39 is 0 Å². The summed E-state index contributed by atoms with van der Waals surface area (Å²) in [6.45, 7) is 10.8. The minimum absolute atomic E-state index is 0. The van der Waals surface area contributed by atoms with E-state index in [4.69, 9.17) is 9.73 Å². The van der Waals surface area contributed by atoms with E-state index >= 15 is 0 Å². The Morgan fingerprint density at radius 1 is 1.31 bits per heavy atom. The van der Waals surface area contributed by atoms with Crippen LogP contribution in [0, 0.1) is 5.82 Å². The van der Waals surface area contributed by atoms with Gasteiger partial charge in [-0.15, -0.1) is 24.0 Å². The van der Waals surface area contributed by atoms with Crippen LogP contribution in [0.15, 0.2) is 29.3 Å². The molecule has 0 bridgehead atoms. The Labute approximate surface area is 173 Å². The molecule has 26 heavy (non-hydrogen) atoms. The van der Waals surface area contributed by atoms with E-state index in [1.165, 1.54) is 6.07 Å². The third kappa shape index (κ3) is 7.36. The molecule has 1 aromatic rings. The standard InChI is InChI=1S/C19H31FN4O.HI/c1-4-15(3)23-19(21-5-2)22-14-18(24-9-11-25-12-10-24)16-7-6-8-17(20)13-16;/h6-8,13,15,18H,4-5,9-12,14H2,1-3H3,(H2,21,22,23);1H. The van der Waals surface area contributed by atoms with Crippen LogP contribution in [0.4, 0.5) is 4.39 Å². The minimum Gasteiger partial charge on any atom is -0.379 e. The molecular formula is C19H32FIN4O. The fourth-order valence-corrected chi connectivity index (χ4v) is 2.87. The van der Waals surface area contributed by atoms with Gasteiger partial charge in [-0.1, -0.05) is 19.1 Å². The van der Waals surface area contributed by atoms with Crippen LogP contribution in [-0.4, -0.2) is 56.3 Å². The molecule has 0 radical (unpaired) electrons. The van der Waals surface area contributed by atoms with Gasteiger partial charge in [-0.3, -0.25) is 9.89 Å². The summed E-state index contributed by atoms with van der Waals surface area (Å²) in [4.78, 5) is 7.10. The second kappa shape index (κ2) is 12.5. The number of hydrogen-bond acceptors (Lipinski definition) is 3.